The molecule has 0 aliphatic heterocycles. The van der Waals surface area contributed by atoms with Gasteiger partial charge in [0, 0.05) is 6.61 Å². The minimum Gasteiger partial charge on any atom is -0.394 e. The van der Waals surface area contributed by atoms with E-state index in [1.54, 1.807) is 0 Å². The Morgan fingerprint density at radius 3 is 1.00 bits per heavy atom. The lowest BCUT2D eigenvalue weighted by Gasteiger charge is -2.08. The molecule has 0 fully saturated rings. The highest BCUT2D eigenvalue weighted by atomic mass is 16.6. The van der Waals surface area contributed by atoms with Crippen molar-refractivity contribution < 1.29 is 38.3 Å². The molecule has 0 atom stereocenters. The van der Waals surface area contributed by atoms with Crippen molar-refractivity contribution >= 4 is 0 Å². The number of aliphatic hydroxyl groups excluding tert-OH is 1. The Morgan fingerprint density at radius 2 is 0.645 bits per heavy atom. The summed E-state index contributed by atoms with van der Waals surface area (Å²) in [5, 5.41) is 8.54. The van der Waals surface area contributed by atoms with E-state index in [-0.39, 0.29) is 6.61 Å². The largest absolute Gasteiger partial charge is 0.394 e. The monoisotopic (exact) mass is 452 g/mol. The lowest BCUT2D eigenvalue weighted by molar-refractivity contribution is -0.0215. The van der Waals surface area contributed by atoms with Crippen LogP contribution in [0.25, 0.3) is 0 Å². The van der Waals surface area contributed by atoms with Gasteiger partial charge in [0.15, 0.2) is 0 Å². The van der Waals surface area contributed by atoms with Gasteiger partial charge in [0.2, 0.25) is 0 Å². The lowest BCUT2D eigenvalue weighted by Crippen LogP contribution is -2.14. The highest BCUT2D eigenvalue weighted by molar-refractivity contribution is 4.45. The van der Waals surface area contributed by atoms with Crippen LogP contribution in [0.4, 0.5) is 0 Å². The van der Waals surface area contributed by atoms with E-state index < -0.39 is 0 Å². The summed E-state index contributed by atoms with van der Waals surface area (Å²) in [4.78, 5) is 0. The van der Waals surface area contributed by atoms with Crippen LogP contribution < -0.4 is 0 Å². The summed E-state index contributed by atoms with van der Waals surface area (Å²) in [6, 6.07) is 0. The molecule has 0 aromatic rings. The molecule has 1 N–H and O–H groups in total. The Kier molecular flexibility index (Phi) is 29.4. The molecular formula is C23H48O8. The van der Waals surface area contributed by atoms with Crippen LogP contribution in [-0.2, 0) is 33.2 Å². The standard InChI is InChI=1S/C23H48O8/c1-2-3-4-5-6-7-8-10-25-12-14-27-16-18-29-20-22-31-23-21-30-19-17-28-15-13-26-11-9-24/h24H,2-23H2,1H3. The van der Waals surface area contributed by atoms with Crippen LogP contribution >= 0.6 is 0 Å². The van der Waals surface area contributed by atoms with Gasteiger partial charge >= 0.3 is 0 Å². The normalized spacial score (nSPS) is 11.4. The third kappa shape index (κ3) is 29.7. The quantitative estimate of drug-likeness (QED) is 0.181. The number of ether oxygens (including phenoxy) is 7. The predicted molar refractivity (Wildman–Crippen MR) is 121 cm³/mol. The van der Waals surface area contributed by atoms with Gasteiger partial charge in [0.05, 0.1) is 92.5 Å². The van der Waals surface area contributed by atoms with Crippen molar-refractivity contribution in [3.63, 3.8) is 0 Å². The fourth-order valence-electron chi connectivity index (χ4n) is 2.65. The molecule has 0 radical (unpaired) electrons. The molecule has 0 bridgehead atoms. The van der Waals surface area contributed by atoms with Crippen molar-refractivity contribution in [3.05, 3.63) is 0 Å². The smallest absolute Gasteiger partial charge is 0.0701 e. The molecule has 31 heavy (non-hydrogen) atoms. The maximum atomic E-state index is 8.54. The van der Waals surface area contributed by atoms with Gasteiger partial charge < -0.3 is 38.3 Å². The maximum Gasteiger partial charge on any atom is 0.0701 e. The second-order valence-electron chi connectivity index (χ2n) is 7.13. The minimum atomic E-state index is 0.0385. The number of aliphatic hydroxyl groups is 1. The van der Waals surface area contributed by atoms with Crippen LogP contribution in [0.5, 0.6) is 0 Å². The van der Waals surface area contributed by atoms with E-state index in [9.17, 15) is 0 Å². The third-order valence-electron chi connectivity index (χ3n) is 4.36. The zero-order valence-corrected chi connectivity index (χ0v) is 19.9. The first-order chi connectivity index (χ1) is 15.4. The van der Waals surface area contributed by atoms with Gasteiger partial charge in [-0.3, -0.25) is 0 Å². The first kappa shape index (κ1) is 30.7. The third-order valence-corrected chi connectivity index (χ3v) is 4.36. The first-order valence-corrected chi connectivity index (χ1v) is 12.1. The maximum absolute atomic E-state index is 8.54. The summed E-state index contributed by atoms with van der Waals surface area (Å²) >= 11 is 0. The highest BCUT2D eigenvalue weighted by Crippen LogP contribution is 2.06. The van der Waals surface area contributed by atoms with Gasteiger partial charge in [-0.15, -0.1) is 0 Å². The van der Waals surface area contributed by atoms with Crippen LogP contribution in [0.3, 0.4) is 0 Å². The van der Waals surface area contributed by atoms with E-state index >= 15 is 0 Å². The second-order valence-corrected chi connectivity index (χ2v) is 7.13. The van der Waals surface area contributed by atoms with Crippen LogP contribution in [0.1, 0.15) is 51.9 Å². The van der Waals surface area contributed by atoms with E-state index in [4.69, 9.17) is 38.3 Å². The molecule has 0 aromatic carbocycles. The van der Waals surface area contributed by atoms with Crippen molar-refractivity contribution in [2.24, 2.45) is 0 Å². The molecule has 0 aliphatic carbocycles. The van der Waals surface area contributed by atoms with Crippen molar-refractivity contribution in [3.8, 4) is 0 Å². The first-order valence-electron chi connectivity index (χ1n) is 12.1. The summed E-state index contributed by atoms with van der Waals surface area (Å²) in [5.41, 5.74) is 0. The Labute approximate surface area is 189 Å². The molecule has 8 nitrogen and oxygen atoms in total. The molecule has 0 spiro atoms. The summed E-state index contributed by atoms with van der Waals surface area (Å²) in [7, 11) is 0. The van der Waals surface area contributed by atoms with Crippen molar-refractivity contribution in [2.45, 2.75) is 51.9 Å². The molecule has 0 unspecified atom stereocenters. The van der Waals surface area contributed by atoms with Gasteiger partial charge in [-0.1, -0.05) is 45.4 Å². The zero-order chi connectivity index (χ0) is 22.5. The summed E-state index contributed by atoms with van der Waals surface area (Å²) < 4.78 is 37.7. The Morgan fingerprint density at radius 1 is 0.355 bits per heavy atom. The molecule has 0 saturated heterocycles. The van der Waals surface area contributed by atoms with Gasteiger partial charge in [-0.2, -0.15) is 0 Å². The Bertz CT molecular complexity index is 279. The van der Waals surface area contributed by atoms with Crippen LogP contribution in [0.2, 0.25) is 0 Å². The van der Waals surface area contributed by atoms with Gasteiger partial charge in [-0.05, 0) is 6.42 Å². The van der Waals surface area contributed by atoms with Crippen molar-refractivity contribution in [1.82, 2.24) is 0 Å². The van der Waals surface area contributed by atoms with Gasteiger partial charge in [0.1, 0.15) is 0 Å². The van der Waals surface area contributed by atoms with Crippen LogP contribution in [0.15, 0.2) is 0 Å². The molecule has 8 heteroatoms. The summed E-state index contributed by atoms with van der Waals surface area (Å²) in [6.07, 6.45) is 9.14. The lowest BCUT2D eigenvalue weighted by atomic mass is 10.1. The Balaban J connectivity index is 2.98. The number of hydrogen-bond donors (Lipinski definition) is 1. The molecule has 0 rings (SSSR count). The topological polar surface area (TPSA) is 84.8 Å². The molecule has 0 aromatic heterocycles. The molecule has 188 valence electrons. The van der Waals surface area contributed by atoms with E-state index in [0.717, 1.165) is 13.0 Å². The average Bonchev–Trinajstić information content (AvgIpc) is 2.78. The van der Waals surface area contributed by atoms with E-state index in [1.165, 1.54) is 38.5 Å². The average molecular weight is 453 g/mol. The molecule has 0 amide bonds. The minimum absolute atomic E-state index is 0.0385. The zero-order valence-electron chi connectivity index (χ0n) is 19.9. The van der Waals surface area contributed by atoms with E-state index in [1.807, 2.05) is 0 Å². The summed E-state index contributed by atoms with van der Waals surface area (Å²) in [5.74, 6) is 0. The molecule has 0 heterocycles. The highest BCUT2D eigenvalue weighted by Gasteiger charge is 1.95. The van der Waals surface area contributed by atoms with Gasteiger partial charge in [0.25, 0.3) is 0 Å². The van der Waals surface area contributed by atoms with Crippen molar-refractivity contribution in [2.75, 3.05) is 99.1 Å². The fraction of sp³-hybridized carbons (Fsp3) is 1.00. The van der Waals surface area contributed by atoms with E-state index in [0.29, 0.717) is 85.9 Å². The van der Waals surface area contributed by atoms with Crippen molar-refractivity contribution in [1.29, 1.82) is 0 Å². The fourth-order valence-corrected chi connectivity index (χ4v) is 2.65. The molecule has 0 aliphatic rings. The van der Waals surface area contributed by atoms with Crippen LogP contribution in [-0.4, -0.2) is 104 Å². The van der Waals surface area contributed by atoms with Crippen LogP contribution in [0, 0.1) is 0 Å². The number of rotatable bonds is 28. The number of hydrogen-bond acceptors (Lipinski definition) is 8. The predicted octanol–water partition coefficient (Wildman–Crippen LogP) is 2.85. The van der Waals surface area contributed by atoms with E-state index in [2.05, 4.69) is 6.92 Å². The molecular weight excluding hydrogens is 404 g/mol. The van der Waals surface area contributed by atoms with Gasteiger partial charge in [-0.25, -0.2) is 0 Å². The summed E-state index contributed by atoms with van der Waals surface area (Å²) in [6.45, 7) is 10.1. The molecule has 0 saturated carbocycles. The SMILES string of the molecule is CCCCCCCCCOCCOCCOCCOCCOCCOCCOCCO. The number of unbranched alkanes of at least 4 members (excludes halogenated alkanes) is 6. The second kappa shape index (κ2) is 29.7. The Hall–Kier alpha value is -0.320.